The molecule has 0 aliphatic heterocycles. The van der Waals surface area contributed by atoms with Crippen molar-refractivity contribution in [2.75, 3.05) is 5.43 Å². The lowest BCUT2D eigenvalue weighted by molar-refractivity contribution is 0.475. The monoisotopic (exact) mass is 298 g/mol. The normalized spacial score (nSPS) is 12.0. The zero-order chi connectivity index (χ0) is 14.7. The van der Waals surface area contributed by atoms with E-state index in [0.29, 0.717) is 5.02 Å². The van der Waals surface area contributed by atoms with Crippen LogP contribution >= 0.6 is 11.6 Å². The molecule has 1 aromatic heterocycles. The number of aromatic nitrogens is 1. The Labute approximate surface area is 128 Å². The van der Waals surface area contributed by atoms with Crippen LogP contribution in [0.15, 0.2) is 73.1 Å². The summed E-state index contributed by atoms with van der Waals surface area (Å²) in [6.45, 7) is 0. The minimum absolute atomic E-state index is 0.0322. The molecule has 3 rings (SSSR count). The molecule has 0 amide bonds. The van der Waals surface area contributed by atoms with E-state index in [4.69, 9.17) is 11.6 Å². The molecular formula is C17H15ClN2O. The van der Waals surface area contributed by atoms with Gasteiger partial charge >= 0.3 is 0 Å². The van der Waals surface area contributed by atoms with Crippen molar-refractivity contribution in [3.63, 3.8) is 0 Å². The molecule has 0 aliphatic rings. The van der Waals surface area contributed by atoms with Crippen molar-refractivity contribution in [1.29, 1.82) is 0 Å². The number of aromatic hydroxyl groups is 1. The lowest BCUT2D eigenvalue weighted by Crippen LogP contribution is -2.20. The van der Waals surface area contributed by atoms with Gasteiger partial charge in [-0.05, 0) is 47.5 Å². The zero-order valence-corrected chi connectivity index (χ0v) is 12.0. The fraction of sp³-hybridized carbons (Fsp3) is 0.0588. The molecule has 0 saturated carbocycles. The first kappa shape index (κ1) is 13.6. The van der Waals surface area contributed by atoms with Gasteiger partial charge in [-0.15, -0.1) is 0 Å². The summed E-state index contributed by atoms with van der Waals surface area (Å²) in [4.78, 5) is 0. The maximum absolute atomic E-state index is 9.46. The fourth-order valence-electron chi connectivity index (χ4n) is 2.23. The molecular weight excluding hydrogens is 284 g/mol. The highest BCUT2D eigenvalue weighted by atomic mass is 35.5. The lowest BCUT2D eigenvalue weighted by Gasteiger charge is -2.22. The van der Waals surface area contributed by atoms with Crippen molar-refractivity contribution < 1.29 is 5.11 Å². The highest BCUT2D eigenvalue weighted by Crippen LogP contribution is 2.26. The van der Waals surface area contributed by atoms with Crippen molar-refractivity contribution in [2.24, 2.45) is 0 Å². The van der Waals surface area contributed by atoms with Crippen molar-refractivity contribution in [3.8, 4) is 5.75 Å². The van der Waals surface area contributed by atoms with E-state index in [-0.39, 0.29) is 11.8 Å². The van der Waals surface area contributed by atoms with Gasteiger partial charge < -0.3 is 10.5 Å². The number of hydrogen-bond acceptors (Lipinski definition) is 2. The Morgan fingerprint density at radius 3 is 1.95 bits per heavy atom. The first-order chi connectivity index (χ1) is 10.2. The molecule has 3 nitrogen and oxygen atoms in total. The summed E-state index contributed by atoms with van der Waals surface area (Å²) in [7, 11) is 0. The van der Waals surface area contributed by atoms with Gasteiger partial charge in [0, 0.05) is 17.4 Å². The van der Waals surface area contributed by atoms with E-state index in [2.05, 4.69) is 5.43 Å². The minimum Gasteiger partial charge on any atom is -0.508 e. The van der Waals surface area contributed by atoms with Crippen molar-refractivity contribution in [1.82, 2.24) is 4.68 Å². The number of benzene rings is 2. The summed E-state index contributed by atoms with van der Waals surface area (Å²) in [6, 6.07) is 18.8. The molecule has 0 saturated heterocycles. The fourth-order valence-corrected chi connectivity index (χ4v) is 2.36. The van der Waals surface area contributed by atoms with Gasteiger partial charge in [-0.2, -0.15) is 0 Å². The van der Waals surface area contributed by atoms with Crippen LogP contribution < -0.4 is 5.43 Å². The first-order valence-electron chi connectivity index (χ1n) is 6.66. The van der Waals surface area contributed by atoms with Crippen LogP contribution in [0.5, 0.6) is 5.75 Å². The van der Waals surface area contributed by atoms with Crippen LogP contribution in [0.2, 0.25) is 5.02 Å². The van der Waals surface area contributed by atoms with E-state index in [9.17, 15) is 5.11 Å². The average Bonchev–Trinajstić information content (AvgIpc) is 3.00. The molecule has 1 unspecified atom stereocenters. The van der Waals surface area contributed by atoms with Crippen molar-refractivity contribution >= 4 is 11.6 Å². The molecule has 2 aromatic carbocycles. The molecule has 2 N–H and O–H groups in total. The molecule has 0 spiro atoms. The highest BCUT2D eigenvalue weighted by Gasteiger charge is 2.14. The van der Waals surface area contributed by atoms with Gasteiger partial charge in [0.2, 0.25) is 0 Å². The summed E-state index contributed by atoms with van der Waals surface area (Å²) < 4.78 is 1.91. The Morgan fingerprint density at radius 2 is 1.38 bits per heavy atom. The number of hydrogen-bond donors (Lipinski definition) is 2. The first-order valence-corrected chi connectivity index (χ1v) is 7.04. The molecule has 106 valence electrons. The number of nitrogens with one attached hydrogen (secondary N) is 1. The standard InChI is InChI=1S/C17H15ClN2O/c18-15-7-3-13(4-8-15)17(19-20-11-1-2-12-20)14-5-9-16(21)10-6-14/h1-12,17,19,21H. The smallest absolute Gasteiger partial charge is 0.115 e. The van der Waals surface area contributed by atoms with Gasteiger partial charge in [0.05, 0.1) is 6.04 Å². The van der Waals surface area contributed by atoms with Crippen LogP contribution in [0.3, 0.4) is 0 Å². The van der Waals surface area contributed by atoms with Crippen LogP contribution in [0, 0.1) is 0 Å². The maximum Gasteiger partial charge on any atom is 0.115 e. The largest absolute Gasteiger partial charge is 0.508 e. The molecule has 3 aromatic rings. The van der Waals surface area contributed by atoms with Gasteiger partial charge in [0.1, 0.15) is 5.75 Å². The van der Waals surface area contributed by atoms with E-state index >= 15 is 0 Å². The molecule has 0 fully saturated rings. The third-order valence-electron chi connectivity index (χ3n) is 3.31. The second kappa shape index (κ2) is 5.94. The summed E-state index contributed by atoms with van der Waals surface area (Å²) in [5.41, 5.74) is 5.58. The zero-order valence-electron chi connectivity index (χ0n) is 11.3. The van der Waals surface area contributed by atoms with Gasteiger partial charge in [0.25, 0.3) is 0 Å². The number of rotatable bonds is 4. The van der Waals surface area contributed by atoms with Crippen molar-refractivity contribution in [3.05, 3.63) is 89.2 Å². The van der Waals surface area contributed by atoms with Crippen molar-refractivity contribution in [2.45, 2.75) is 6.04 Å². The van der Waals surface area contributed by atoms with Crippen LogP contribution in [0.4, 0.5) is 0 Å². The summed E-state index contributed by atoms with van der Waals surface area (Å²) in [6.07, 6.45) is 3.90. The van der Waals surface area contributed by atoms with E-state index in [0.717, 1.165) is 11.1 Å². The average molecular weight is 299 g/mol. The van der Waals surface area contributed by atoms with Gasteiger partial charge in [-0.1, -0.05) is 35.9 Å². The minimum atomic E-state index is -0.0322. The number of halogens is 1. The number of nitrogens with zero attached hydrogens (tertiary/aromatic N) is 1. The second-order valence-electron chi connectivity index (χ2n) is 4.80. The van der Waals surface area contributed by atoms with Gasteiger partial charge in [-0.25, -0.2) is 0 Å². The summed E-state index contributed by atoms with van der Waals surface area (Å²) in [5, 5.41) is 10.2. The maximum atomic E-state index is 9.46. The van der Waals surface area contributed by atoms with Gasteiger partial charge in [-0.3, -0.25) is 4.68 Å². The van der Waals surface area contributed by atoms with Gasteiger partial charge in [0.15, 0.2) is 0 Å². The summed E-state index contributed by atoms with van der Waals surface area (Å²) >= 11 is 5.97. The van der Waals surface area contributed by atoms with Crippen LogP contribution in [0.1, 0.15) is 17.2 Å². The molecule has 1 atom stereocenters. The van der Waals surface area contributed by atoms with E-state index in [1.54, 1.807) is 12.1 Å². The lowest BCUT2D eigenvalue weighted by atomic mass is 9.99. The van der Waals surface area contributed by atoms with Crippen LogP contribution in [0.25, 0.3) is 0 Å². The Kier molecular flexibility index (Phi) is 3.84. The van der Waals surface area contributed by atoms with E-state index in [1.165, 1.54) is 0 Å². The third kappa shape index (κ3) is 3.20. The predicted octanol–water partition coefficient (Wildman–Crippen LogP) is 4.18. The Morgan fingerprint density at radius 1 is 0.857 bits per heavy atom. The number of phenolic OH excluding ortho intramolecular Hbond substituents is 1. The SMILES string of the molecule is Oc1ccc(C(Nn2cccc2)c2ccc(Cl)cc2)cc1. The molecule has 4 heteroatoms. The molecule has 21 heavy (non-hydrogen) atoms. The topological polar surface area (TPSA) is 37.2 Å². The molecule has 0 radical (unpaired) electrons. The predicted molar refractivity (Wildman–Crippen MR) is 85.2 cm³/mol. The second-order valence-corrected chi connectivity index (χ2v) is 5.23. The third-order valence-corrected chi connectivity index (χ3v) is 3.56. The molecule has 1 heterocycles. The Bertz CT molecular complexity index is 645. The summed E-state index contributed by atoms with van der Waals surface area (Å²) in [5.74, 6) is 0.259. The van der Waals surface area contributed by atoms with Crippen LogP contribution in [-0.2, 0) is 0 Å². The Balaban J connectivity index is 1.97. The van der Waals surface area contributed by atoms with E-state index in [1.807, 2.05) is 65.6 Å². The molecule has 0 aliphatic carbocycles. The Hall–Kier alpha value is -2.39. The quantitative estimate of drug-likeness (QED) is 0.758. The highest BCUT2D eigenvalue weighted by molar-refractivity contribution is 6.30. The van der Waals surface area contributed by atoms with E-state index < -0.39 is 0 Å². The molecule has 0 bridgehead atoms. The van der Waals surface area contributed by atoms with Crippen LogP contribution in [-0.4, -0.2) is 9.78 Å². The number of phenols is 1.